The van der Waals surface area contributed by atoms with E-state index in [9.17, 15) is 30.0 Å². The highest BCUT2D eigenvalue weighted by Crippen LogP contribution is 2.67. The summed E-state index contributed by atoms with van der Waals surface area (Å²) in [5, 5.41) is 42.6. The maximum atomic E-state index is 13.4. The first-order valence-electron chi connectivity index (χ1n) is 9.67. The fourth-order valence-electron chi connectivity index (χ4n) is 6.95. The normalized spacial score (nSPS) is 54.6. The van der Waals surface area contributed by atoms with E-state index in [-0.39, 0.29) is 24.9 Å². The lowest BCUT2D eigenvalue weighted by atomic mass is 9.38. The molecule has 0 radical (unpaired) electrons. The van der Waals surface area contributed by atoms with Gasteiger partial charge in [-0.15, -0.1) is 0 Å². The van der Waals surface area contributed by atoms with Crippen molar-refractivity contribution in [3.05, 3.63) is 11.6 Å². The molecule has 4 rings (SSSR count). The van der Waals surface area contributed by atoms with Crippen molar-refractivity contribution in [2.75, 3.05) is 6.61 Å². The van der Waals surface area contributed by atoms with Gasteiger partial charge in [0.15, 0.2) is 5.78 Å². The first kappa shape index (κ1) is 19.1. The summed E-state index contributed by atoms with van der Waals surface area (Å²) in [5.74, 6) is -2.98. The van der Waals surface area contributed by atoms with Crippen LogP contribution >= 0.6 is 0 Å². The maximum absolute atomic E-state index is 13.4. The van der Waals surface area contributed by atoms with Gasteiger partial charge in [0.1, 0.15) is 12.2 Å². The molecule has 0 aromatic carbocycles. The number of rotatable bonds is 1. The van der Waals surface area contributed by atoms with E-state index in [4.69, 9.17) is 4.74 Å². The molecule has 1 heterocycles. The average Bonchev–Trinajstić information content (AvgIpc) is 2.62. The number of carbonyl (C=O) groups excluding carboxylic acids is 2. The van der Waals surface area contributed by atoms with E-state index in [2.05, 4.69) is 0 Å². The molecule has 150 valence electrons. The van der Waals surface area contributed by atoms with Crippen LogP contribution in [0.5, 0.6) is 0 Å². The molecule has 27 heavy (non-hydrogen) atoms. The third kappa shape index (κ3) is 2.11. The third-order valence-electron chi connectivity index (χ3n) is 8.24. The van der Waals surface area contributed by atoms with Crippen LogP contribution in [0.1, 0.15) is 33.6 Å². The van der Waals surface area contributed by atoms with Crippen LogP contribution < -0.4 is 0 Å². The van der Waals surface area contributed by atoms with Crippen molar-refractivity contribution in [1.29, 1.82) is 0 Å². The summed E-state index contributed by atoms with van der Waals surface area (Å²) in [5.41, 5.74) is -1.31. The Kier molecular flexibility index (Phi) is 4.14. The van der Waals surface area contributed by atoms with Crippen LogP contribution in [0.2, 0.25) is 0 Å². The standard InChI is InChI=1S/C20H28O7/c1-8-4-12(22)18(26)19(3)10(8)5-13-20(7-21)11(6-14(23)27-13)9(2)15(24)16(25)17(19)20/h4,9-13,15,17-18,21-22,24,26H,5-7H2,1-3H3/t9-,10-,11+,12-,13-,15+,17-,18-,19-,20+/m0/s1. The molecule has 4 N–H and O–H groups in total. The lowest BCUT2D eigenvalue weighted by molar-refractivity contribution is -0.267. The molecule has 7 heteroatoms. The fourth-order valence-corrected chi connectivity index (χ4v) is 6.95. The van der Waals surface area contributed by atoms with Gasteiger partial charge in [-0.1, -0.05) is 25.5 Å². The Hall–Kier alpha value is -1.28. The first-order valence-corrected chi connectivity index (χ1v) is 9.67. The second-order valence-corrected chi connectivity index (χ2v) is 9.20. The number of ether oxygens (including phenoxy) is 1. The van der Waals surface area contributed by atoms with Crippen molar-refractivity contribution < 1.29 is 34.8 Å². The maximum Gasteiger partial charge on any atom is 0.306 e. The molecule has 0 amide bonds. The average molecular weight is 380 g/mol. The summed E-state index contributed by atoms with van der Waals surface area (Å²) < 4.78 is 5.65. The number of hydrogen-bond acceptors (Lipinski definition) is 7. The number of fused-ring (bicyclic) bond motifs is 2. The number of hydrogen-bond donors (Lipinski definition) is 4. The van der Waals surface area contributed by atoms with Gasteiger partial charge in [-0.25, -0.2) is 0 Å². The Bertz CT molecular complexity index is 717. The zero-order valence-corrected chi connectivity index (χ0v) is 15.8. The molecule has 0 unspecified atom stereocenters. The number of aliphatic hydroxyl groups excluding tert-OH is 4. The molecule has 10 atom stereocenters. The Morgan fingerprint density at radius 2 is 1.93 bits per heavy atom. The minimum Gasteiger partial charge on any atom is -0.462 e. The Balaban J connectivity index is 1.97. The van der Waals surface area contributed by atoms with Gasteiger partial charge in [-0.3, -0.25) is 9.59 Å². The van der Waals surface area contributed by atoms with Crippen LogP contribution in [0.4, 0.5) is 0 Å². The summed E-state index contributed by atoms with van der Waals surface area (Å²) in [6, 6.07) is 0. The molecule has 0 aromatic rings. The van der Waals surface area contributed by atoms with Crippen molar-refractivity contribution >= 4 is 11.8 Å². The largest absolute Gasteiger partial charge is 0.462 e. The van der Waals surface area contributed by atoms with E-state index in [0.29, 0.717) is 6.42 Å². The fraction of sp³-hybridized carbons (Fsp3) is 0.800. The minimum atomic E-state index is -1.28. The monoisotopic (exact) mass is 380 g/mol. The van der Waals surface area contributed by atoms with E-state index < -0.39 is 58.8 Å². The molecule has 1 saturated heterocycles. The van der Waals surface area contributed by atoms with Crippen LogP contribution in [0.3, 0.4) is 0 Å². The number of aliphatic hydroxyl groups is 4. The highest BCUT2D eigenvalue weighted by atomic mass is 16.5. The highest BCUT2D eigenvalue weighted by Gasteiger charge is 2.74. The molecule has 0 bridgehead atoms. The summed E-state index contributed by atoms with van der Waals surface area (Å²) in [7, 11) is 0. The van der Waals surface area contributed by atoms with Crippen molar-refractivity contribution in [2.45, 2.75) is 58.0 Å². The summed E-state index contributed by atoms with van der Waals surface area (Å²) in [4.78, 5) is 25.6. The van der Waals surface area contributed by atoms with Crippen LogP contribution in [0.15, 0.2) is 11.6 Å². The number of allylic oxidation sites excluding steroid dienone is 1. The Morgan fingerprint density at radius 3 is 2.56 bits per heavy atom. The Labute approximate surface area is 158 Å². The van der Waals surface area contributed by atoms with Gasteiger partial charge < -0.3 is 25.2 Å². The second kappa shape index (κ2) is 5.86. The zero-order valence-electron chi connectivity index (χ0n) is 15.8. The van der Waals surface area contributed by atoms with E-state index >= 15 is 0 Å². The lowest BCUT2D eigenvalue weighted by Gasteiger charge is -2.67. The molecule has 4 aliphatic rings. The molecule has 1 aliphatic heterocycles. The first-order chi connectivity index (χ1) is 12.6. The Morgan fingerprint density at radius 1 is 1.26 bits per heavy atom. The topological polar surface area (TPSA) is 124 Å². The minimum absolute atomic E-state index is 0.0211. The summed E-state index contributed by atoms with van der Waals surface area (Å²) >= 11 is 0. The zero-order chi connectivity index (χ0) is 19.9. The van der Waals surface area contributed by atoms with Crippen LogP contribution in [-0.4, -0.2) is 63.2 Å². The van der Waals surface area contributed by atoms with Crippen LogP contribution in [-0.2, 0) is 14.3 Å². The molecule has 0 aromatic heterocycles. The molecule has 2 saturated carbocycles. The van der Waals surface area contributed by atoms with E-state index in [1.165, 1.54) is 0 Å². The summed E-state index contributed by atoms with van der Waals surface area (Å²) in [6.07, 6.45) is -2.32. The van der Waals surface area contributed by atoms with Crippen molar-refractivity contribution in [2.24, 2.45) is 34.5 Å². The van der Waals surface area contributed by atoms with Crippen LogP contribution in [0, 0.1) is 34.5 Å². The third-order valence-corrected chi connectivity index (χ3v) is 8.24. The van der Waals surface area contributed by atoms with E-state index in [0.717, 1.165) is 5.57 Å². The van der Waals surface area contributed by atoms with Crippen molar-refractivity contribution in [3.63, 3.8) is 0 Å². The lowest BCUT2D eigenvalue weighted by Crippen LogP contribution is -2.75. The molecular weight excluding hydrogens is 352 g/mol. The van der Waals surface area contributed by atoms with Gasteiger partial charge >= 0.3 is 5.97 Å². The number of Topliss-reactive ketones (excluding diaryl/α,β-unsaturated/α-hetero) is 1. The quantitative estimate of drug-likeness (QED) is 0.367. The molecule has 0 spiro atoms. The highest BCUT2D eigenvalue weighted by molar-refractivity contribution is 5.89. The summed E-state index contributed by atoms with van der Waals surface area (Å²) in [6.45, 7) is 4.94. The van der Waals surface area contributed by atoms with Crippen molar-refractivity contribution in [3.8, 4) is 0 Å². The number of carbonyl (C=O) groups is 2. The molecule has 3 fully saturated rings. The number of esters is 1. The predicted molar refractivity (Wildman–Crippen MR) is 93.2 cm³/mol. The van der Waals surface area contributed by atoms with E-state index in [1.54, 1.807) is 19.9 Å². The van der Waals surface area contributed by atoms with Crippen LogP contribution in [0.25, 0.3) is 0 Å². The van der Waals surface area contributed by atoms with Crippen molar-refractivity contribution in [1.82, 2.24) is 0 Å². The smallest absolute Gasteiger partial charge is 0.306 e. The van der Waals surface area contributed by atoms with Gasteiger partial charge in [0.25, 0.3) is 0 Å². The molecule has 7 nitrogen and oxygen atoms in total. The van der Waals surface area contributed by atoms with Gasteiger partial charge in [0.05, 0.1) is 18.8 Å². The van der Waals surface area contributed by atoms with Gasteiger partial charge in [-0.2, -0.15) is 0 Å². The molecular formula is C20H28O7. The number of ketones is 1. The predicted octanol–water partition coefficient (Wildman–Crippen LogP) is -0.199. The second-order valence-electron chi connectivity index (χ2n) is 9.20. The van der Waals surface area contributed by atoms with Gasteiger partial charge in [0.2, 0.25) is 0 Å². The van der Waals surface area contributed by atoms with E-state index in [1.807, 2.05) is 6.92 Å². The van der Waals surface area contributed by atoms with Gasteiger partial charge in [-0.05, 0) is 31.1 Å². The van der Waals surface area contributed by atoms with Gasteiger partial charge in [0, 0.05) is 23.2 Å². The molecule has 3 aliphatic carbocycles. The SMILES string of the molecule is CC1=C[C@H](O)[C@H](O)[C@@]2(C)[C@H]1C[C@@H]1OC(=O)C[C@@H]3[C@H](C)[C@@H](O)C(=O)[C@@H]2[C@@]13CO.